The molecule has 0 aliphatic carbocycles. The van der Waals surface area contributed by atoms with E-state index >= 15 is 0 Å². The van der Waals surface area contributed by atoms with Gasteiger partial charge in [0.1, 0.15) is 5.82 Å². The summed E-state index contributed by atoms with van der Waals surface area (Å²) in [6.07, 6.45) is 0. The minimum atomic E-state index is -0.320. The van der Waals surface area contributed by atoms with Crippen LogP contribution in [0.1, 0.15) is 24.1 Å². The molecule has 0 aliphatic rings. The van der Waals surface area contributed by atoms with Crippen LogP contribution in [0.5, 0.6) is 0 Å². The molecule has 0 saturated carbocycles. The van der Waals surface area contributed by atoms with E-state index in [0.717, 1.165) is 21.3 Å². The fourth-order valence-corrected chi connectivity index (χ4v) is 2.62. The highest BCUT2D eigenvalue weighted by atomic mass is 79.9. The molecule has 1 nitrogen and oxygen atoms in total. The van der Waals surface area contributed by atoms with E-state index < -0.39 is 0 Å². The average Bonchev–Trinajstić information content (AvgIpc) is 2.34. The minimum Gasteiger partial charge on any atom is -0.378 e. The van der Waals surface area contributed by atoms with Gasteiger partial charge in [-0.05, 0) is 49.2 Å². The summed E-state index contributed by atoms with van der Waals surface area (Å²) >= 11 is 9.57. The van der Waals surface area contributed by atoms with Gasteiger partial charge < -0.3 is 5.32 Å². The molecule has 1 unspecified atom stereocenters. The molecule has 0 heterocycles. The van der Waals surface area contributed by atoms with Crippen LogP contribution in [-0.4, -0.2) is 0 Å². The molecule has 0 saturated heterocycles. The zero-order valence-corrected chi connectivity index (χ0v) is 13.0. The number of benzene rings is 2. The van der Waals surface area contributed by atoms with Gasteiger partial charge in [0.05, 0.1) is 6.04 Å². The second kappa shape index (κ2) is 5.93. The van der Waals surface area contributed by atoms with Gasteiger partial charge in [0.25, 0.3) is 0 Å². The molecule has 1 N–H and O–H groups in total. The fourth-order valence-electron chi connectivity index (χ4n) is 1.93. The van der Waals surface area contributed by atoms with Gasteiger partial charge in [-0.25, -0.2) is 4.39 Å². The Kier molecular flexibility index (Phi) is 4.48. The largest absolute Gasteiger partial charge is 0.378 e. The topological polar surface area (TPSA) is 12.0 Å². The summed E-state index contributed by atoms with van der Waals surface area (Å²) in [5.74, 6) is -0.320. The number of anilines is 1. The van der Waals surface area contributed by atoms with Crippen molar-refractivity contribution in [1.82, 2.24) is 0 Å². The van der Waals surface area contributed by atoms with Crippen LogP contribution in [0, 0.1) is 12.7 Å². The summed E-state index contributed by atoms with van der Waals surface area (Å²) < 4.78 is 14.1. The van der Waals surface area contributed by atoms with E-state index in [4.69, 9.17) is 11.6 Å². The van der Waals surface area contributed by atoms with E-state index in [0.29, 0.717) is 5.02 Å². The average molecular weight is 343 g/mol. The number of rotatable bonds is 3. The normalized spacial score (nSPS) is 12.3. The van der Waals surface area contributed by atoms with Gasteiger partial charge >= 0.3 is 0 Å². The Balaban J connectivity index is 2.25. The first-order valence-corrected chi connectivity index (χ1v) is 7.12. The fraction of sp³-hybridized carbons (Fsp3) is 0.200. The van der Waals surface area contributed by atoms with Gasteiger partial charge in [-0.2, -0.15) is 0 Å². The van der Waals surface area contributed by atoms with Gasteiger partial charge in [-0.1, -0.05) is 39.7 Å². The number of hydrogen-bond donors (Lipinski definition) is 1. The highest BCUT2D eigenvalue weighted by Crippen LogP contribution is 2.30. The second-order valence-electron chi connectivity index (χ2n) is 4.44. The molecule has 4 heteroatoms. The Morgan fingerprint density at radius 3 is 2.68 bits per heavy atom. The lowest BCUT2D eigenvalue weighted by Crippen LogP contribution is -2.08. The summed E-state index contributed by atoms with van der Waals surface area (Å²) in [5, 5.41) is 3.83. The SMILES string of the molecule is Cc1c(Br)cccc1NC(C)c1ccc(F)cc1Cl. The molecule has 0 radical (unpaired) electrons. The number of nitrogens with one attached hydrogen (secondary N) is 1. The van der Waals surface area contributed by atoms with E-state index in [1.54, 1.807) is 6.07 Å². The maximum absolute atomic E-state index is 13.0. The minimum absolute atomic E-state index is 0.00102. The summed E-state index contributed by atoms with van der Waals surface area (Å²) in [5.41, 5.74) is 3.04. The molecule has 2 rings (SSSR count). The molecule has 2 aromatic carbocycles. The van der Waals surface area contributed by atoms with Crippen molar-refractivity contribution in [2.75, 3.05) is 5.32 Å². The molecular formula is C15H14BrClFN. The maximum atomic E-state index is 13.0. The van der Waals surface area contributed by atoms with Gasteiger partial charge in [0.15, 0.2) is 0 Å². The van der Waals surface area contributed by atoms with E-state index in [9.17, 15) is 4.39 Å². The molecule has 0 aliphatic heterocycles. The van der Waals surface area contributed by atoms with E-state index in [1.807, 2.05) is 32.0 Å². The van der Waals surface area contributed by atoms with Crippen molar-refractivity contribution in [1.29, 1.82) is 0 Å². The zero-order chi connectivity index (χ0) is 14.0. The molecule has 0 amide bonds. The van der Waals surface area contributed by atoms with Crippen LogP contribution in [0.2, 0.25) is 5.02 Å². The van der Waals surface area contributed by atoms with Crippen molar-refractivity contribution in [2.45, 2.75) is 19.9 Å². The maximum Gasteiger partial charge on any atom is 0.124 e. The molecule has 1 atom stereocenters. The second-order valence-corrected chi connectivity index (χ2v) is 5.71. The third kappa shape index (κ3) is 3.28. The van der Waals surface area contributed by atoms with E-state index in [1.165, 1.54) is 12.1 Å². The lowest BCUT2D eigenvalue weighted by Gasteiger charge is -2.19. The first-order chi connectivity index (χ1) is 8.99. The lowest BCUT2D eigenvalue weighted by molar-refractivity contribution is 0.626. The predicted molar refractivity (Wildman–Crippen MR) is 82.3 cm³/mol. The van der Waals surface area contributed by atoms with Crippen LogP contribution in [0.3, 0.4) is 0 Å². The number of hydrogen-bond acceptors (Lipinski definition) is 1. The zero-order valence-electron chi connectivity index (χ0n) is 10.7. The molecule has 0 fully saturated rings. The van der Waals surface area contributed by atoms with Crippen molar-refractivity contribution in [2.24, 2.45) is 0 Å². The van der Waals surface area contributed by atoms with Gasteiger partial charge in [0.2, 0.25) is 0 Å². The third-order valence-electron chi connectivity index (χ3n) is 3.07. The molecule has 2 aromatic rings. The molecule has 0 bridgehead atoms. The van der Waals surface area contributed by atoms with Crippen LogP contribution >= 0.6 is 27.5 Å². The third-order valence-corrected chi connectivity index (χ3v) is 4.26. The molecule has 100 valence electrons. The highest BCUT2D eigenvalue weighted by molar-refractivity contribution is 9.10. The van der Waals surface area contributed by atoms with Crippen molar-refractivity contribution >= 4 is 33.2 Å². The van der Waals surface area contributed by atoms with Crippen LogP contribution in [-0.2, 0) is 0 Å². The van der Waals surface area contributed by atoms with Gasteiger partial charge in [-0.3, -0.25) is 0 Å². The molecule has 19 heavy (non-hydrogen) atoms. The molecule has 0 spiro atoms. The Morgan fingerprint density at radius 1 is 1.26 bits per heavy atom. The molecule has 0 aromatic heterocycles. The summed E-state index contributed by atoms with van der Waals surface area (Å²) in [7, 11) is 0. The quantitative estimate of drug-likeness (QED) is 0.752. The van der Waals surface area contributed by atoms with Crippen LogP contribution < -0.4 is 5.32 Å². The Hall–Kier alpha value is -1.06. The van der Waals surface area contributed by atoms with Gasteiger partial charge in [0, 0.05) is 15.2 Å². The van der Waals surface area contributed by atoms with Crippen LogP contribution in [0.15, 0.2) is 40.9 Å². The van der Waals surface area contributed by atoms with Crippen molar-refractivity contribution in [3.05, 3.63) is 62.8 Å². The summed E-state index contributed by atoms with van der Waals surface area (Å²) in [4.78, 5) is 0. The Morgan fingerprint density at radius 2 is 2.00 bits per heavy atom. The van der Waals surface area contributed by atoms with E-state index in [2.05, 4.69) is 21.2 Å². The smallest absolute Gasteiger partial charge is 0.124 e. The standard InChI is InChI=1S/C15H14BrClFN/c1-9-13(16)4-3-5-15(9)19-10(2)12-7-6-11(18)8-14(12)17/h3-8,10,19H,1-2H3. The van der Waals surface area contributed by atoms with Crippen molar-refractivity contribution in [3.63, 3.8) is 0 Å². The number of halogens is 3. The van der Waals surface area contributed by atoms with Crippen LogP contribution in [0.4, 0.5) is 10.1 Å². The Bertz CT molecular complexity index is 601. The predicted octanol–water partition coefficient (Wildman–Crippen LogP) is 5.72. The first-order valence-electron chi connectivity index (χ1n) is 5.95. The summed E-state index contributed by atoms with van der Waals surface area (Å²) in [6.45, 7) is 4.03. The van der Waals surface area contributed by atoms with E-state index in [-0.39, 0.29) is 11.9 Å². The van der Waals surface area contributed by atoms with Crippen LogP contribution in [0.25, 0.3) is 0 Å². The lowest BCUT2D eigenvalue weighted by atomic mass is 10.1. The monoisotopic (exact) mass is 341 g/mol. The summed E-state index contributed by atoms with van der Waals surface area (Å²) in [6, 6.07) is 10.4. The van der Waals surface area contributed by atoms with Crippen molar-refractivity contribution < 1.29 is 4.39 Å². The first kappa shape index (κ1) is 14.4. The molecular weight excluding hydrogens is 329 g/mol. The Labute approximate surface area is 125 Å². The van der Waals surface area contributed by atoms with Crippen molar-refractivity contribution in [3.8, 4) is 0 Å². The highest BCUT2D eigenvalue weighted by Gasteiger charge is 2.12. The van der Waals surface area contributed by atoms with Gasteiger partial charge in [-0.15, -0.1) is 0 Å².